The first-order valence-electron chi connectivity index (χ1n) is 7.14. The lowest BCUT2D eigenvalue weighted by Gasteiger charge is -2.05. The highest BCUT2D eigenvalue weighted by Crippen LogP contribution is 2.07. The van der Waals surface area contributed by atoms with Crippen LogP contribution in [0.15, 0.2) is 53.3 Å². The smallest absolute Gasteiger partial charge is 0.263 e. The van der Waals surface area contributed by atoms with Gasteiger partial charge in [-0.1, -0.05) is 41.7 Å². The van der Waals surface area contributed by atoms with Crippen LogP contribution in [0.3, 0.4) is 0 Å². The van der Waals surface area contributed by atoms with Crippen molar-refractivity contribution in [3.05, 3.63) is 75.8 Å². The van der Waals surface area contributed by atoms with Crippen LogP contribution in [0, 0.1) is 30.1 Å². The lowest BCUT2D eigenvalue weighted by atomic mass is 10.1. The number of hydrogen-bond acceptors (Lipinski definition) is 3. The van der Waals surface area contributed by atoms with Gasteiger partial charge in [0.25, 0.3) is 5.56 Å². The maximum Gasteiger partial charge on any atom is 0.263 e. The van der Waals surface area contributed by atoms with Crippen LogP contribution in [0.1, 0.15) is 17.0 Å². The molecule has 3 rings (SSSR count). The Hall–Kier alpha value is -3.37. The molecule has 0 aliphatic rings. The first-order valence-corrected chi connectivity index (χ1v) is 7.14. The van der Waals surface area contributed by atoms with Crippen molar-refractivity contribution in [3.8, 4) is 17.9 Å². The van der Waals surface area contributed by atoms with Crippen LogP contribution in [-0.2, 0) is 6.54 Å². The van der Waals surface area contributed by atoms with Crippen molar-refractivity contribution < 1.29 is 0 Å². The third-order valence-corrected chi connectivity index (χ3v) is 3.48. The molecule has 0 N–H and O–H groups in total. The van der Waals surface area contributed by atoms with E-state index in [4.69, 9.17) is 0 Å². The first-order chi connectivity index (χ1) is 11.2. The van der Waals surface area contributed by atoms with E-state index in [9.17, 15) is 10.1 Å². The van der Waals surface area contributed by atoms with Crippen molar-refractivity contribution in [2.45, 2.75) is 13.5 Å². The monoisotopic (exact) mass is 299 g/mol. The Morgan fingerprint density at radius 2 is 1.87 bits per heavy atom. The fraction of sp³-hybridized carbons (Fsp3) is 0.105. The average Bonchev–Trinajstić information content (AvgIpc) is 2.58. The molecule has 0 aliphatic heterocycles. The Labute approximate surface area is 133 Å². The number of fused-ring (bicyclic) bond motifs is 1. The number of nitrogens with zero attached hydrogens (tertiary/aromatic N) is 3. The van der Waals surface area contributed by atoms with Gasteiger partial charge in [0.2, 0.25) is 5.82 Å². The molecule has 0 fully saturated rings. The van der Waals surface area contributed by atoms with Crippen molar-refractivity contribution in [2.75, 3.05) is 0 Å². The molecule has 4 nitrogen and oxygen atoms in total. The molecule has 3 aromatic rings. The minimum atomic E-state index is -0.245. The Bertz CT molecular complexity index is 1030. The second-order valence-electron chi connectivity index (χ2n) is 5.12. The zero-order valence-corrected chi connectivity index (χ0v) is 12.6. The van der Waals surface area contributed by atoms with Crippen molar-refractivity contribution in [2.24, 2.45) is 0 Å². The molecule has 0 saturated heterocycles. The molecule has 0 radical (unpaired) electrons. The molecule has 0 spiro atoms. The molecule has 0 unspecified atom stereocenters. The second-order valence-corrected chi connectivity index (χ2v) is 5.12. The summed E-state index contributed by atoms with van der Waals surface area (Å²) in [6.45, 7) is 2.14. The summed E-state index contributed by atoms with van der Waals surface area (Å²) in [5, 5.41) is 9.72. The van der Waals surface area contributed by atoms with E-state index in [-0.39, 0.29) is 17.9 Å². The van der Waals surface area contributed by atoms with Gasteiger partial charge in [-0.15, -0.1) is 0 Å². The summed E-state index contributed by atoms with van der Waals surface area (Å²) < 4.78 is 1.31. The van der Waals surface area contributed by atoms with Gasteiger partial charge in [-0.3, -0.25) is 9.36 Å². The molecule has 0 aliphatic carbocycles. The summed E-state index contributed by atoms with van der Waals surface area (Å²) in [7, 11) is 0. The number of para-hydroxylation sites is 1. The van der Waals surface area contributed by atoms with E-state index in [0.717, 1.165) is 11.1 Å². The Balaban J connectivity index is 2.00. The SMILES string of the molecule is Cc1ccc(C#CCn2c(C#N)nc3ccccc3c2=O)cc1. The number of rotatable bonds is 1. The number of aryl methyl sites for hydroxylation is 1. The predicted octanol–water partition coefficient (Wildman–Crippen LogP) is 2.63. The minimum Gasteiger partial charge on any atom is -0.272 e. The van der Waals surface area contributed by atoms with Gasteiger partial charge >= 0.3 is 0 Å². The molecular formula is C19H13N3O. The van der Waals surface area contributed by atoms with Gasteiger partial charge in [0, 0.05) is 5.56 Å². The maximum atomic E-state index is 12.5. The fourth-order valence-electron chi connectivity index (χ4n) is 2.26. The van der Waals surface area contributed by atoms with Gasteiger partial charge in [0.15, 0.2) is 0 Å². The summed E-state index contributed by atoms with van der Waals surface area (Å²) in [6, 6.07) is 16.8. The van der Waals surface area contributed by atoms with Crippen LogP contribution in [0.25, 0.3) is 10.9 Å². The molecule has 110 valence electrons. The molecule has 0 amide bonds. The van der Waals surface area contributed by atoms with Crippen molar-refractivity contribution >= 4 is 10.9 Å². The number of hydrogen-bond donors (Lipinski definition) is 0. The molecule has 2 aromatic carbocycles. The third-order valence-electron chi connectivity index (χ3n) is 3.48. The van der Waals surface area contributed by atoms with E-state index >= 15 is 0 Å². The van der Waals surface area contributed by atoms with E-state index in [1.807, 2.05) is 37.3 Å². The number of aromatic nitrogens is 2. The highest BCUT2D eigenvalue weighted by atomic mass is 16.1. The van der Waals surface area contributed by atoms with Crippen molar-refractivity contribution in [3.63, 3.8) is 0 Å². The summed E-state index contributed by atoms with van der Waals surface area (Å²) in [6.07, 6.45) is 0. The molecular weight excluding hydrogens is 286 g/mol. The largest absolute Gasteiger partial charge is 0.272 e. The van der Waals surface area contributed by atoms with E-state index in [2.05, 4.69) is 16.8 Å². The summed E-state index contributed by atoms with van der Waals surface area (Å²) in [4.78, 5) is 16.7. The van der Waals surface area contributed by atoms with Crippen molar-refractivity contribution in [1.29, 1.82) is 5.26 Å². The van der Waals surface area contributed by atoms with Gasteiger partial charge in [-0.2, -0.15) is 5.26 Å². The average molecular weight is 299 g/mol. The first kappa shape index (κ1) is 14.6. The van der Waals surface area contributed by atoms with Crippen LogP contribution in [0.5, 0.6) is 0 Å². The summed E-state index contributed by atoms with van der Waals surface area (Å²) >= 11 is 0. The zero-order chi connectivity index (χ0) is 16.2. The number of benzene rings is 2. The summed E-state index contributed by atoms with van der Waals surface area (Å²) in [5.41, 5.74) is 2.32. The third kappa shape index (κ3) is 2.97. The van der Waals surface area contributed by atoms with Crippen LogP contribution in [0.2, 0.25) is 0 Å². The zero-order valence-electron chi connectivity index (χ0n) is 12.6. The van der Waals surface area contributed by atoms with Gasteiger partial charge < -0.3 is 0 Å². The molecule has 1 heterocycles. The molecule has 0 atom stereocenters. The normalized spacial score (nSPS) is 9.91. The molecule has 0 bridgehead atoms. The Kier molecular flexibility index (Phi) is 3.91. The van der Waals surface area contributed by atoms with E-state index in [1.165, 1.54) is 4.57 Å². The molecule has 0 saturated carbocycles. The van der Waals surface area contributed by atoms with Gasteiger partial charge in [-0.25, -0.2) is 4.98 Å². The van der Waals surface area contributed by atoms with Crippen molar-refractivity contribution in [1.82, 2.24) is 9.55 Å². The van der Waals surface area contributed by atoms with Gasteiger partial charge in [0.1, 0.15) is 6.07 Å². The van der Waals surface area contributed by atoms with E-state index < -0.39 is 0 Å². The highest BCUT2D eigenvalue weighted by Gasteiger charge is 2.08. The summed E-state index contributed by atoms with van der Waals surface area (Å²) in [5.74, 6) is 6.02. The maximum absolute atomic E-state index is 12.5. The van der Waals surface area contributed by atoms with E-state index in [1.54, 1.807) is 24.3 Å². The second kappa shape index (κ2) is 6.17. The minimum absolute atomic E-state index is 0.0758. The molecule has 4 heteroatoms. The lowest BCUT2D eigenvalue weighted by molar-refractivity contribution is 0.765. The Morgan fingerprint density at radius 1 is 1.13 bits per heavy atom. The van der Waals surface area contributed by atoms with Crippen LogP contribution in [0.4, 0.5) is 0 Å². The Morgan fingerprint density at radius 3 is 2.61 bits per heavy atom. The predicted molar refractivity (Wildman–Crippen MR) is 88.8 cm³/mol. The topological polar surface area (TPSA) is 58.7 Å². The molecule has 1 aromatic heterocycles. The van der Waals surface area contributed by atoms with Gasteiger partial charge in [0.05, 0.1) is 17.4 Å². The van der Waals surface area contributed by atoms with Crippen LogP contribution >= 0.6 is 0 Å². The van der Waals surface area contributed by atoms with Crippen LogP contribution in [-0.4, -0.2) is 9.55 Å². The van der Waals surface area contributed by atoms with Crippen LogP contribution < -0.4 is 5.56 Å². The number of nitriles is 1. The molecule has 23 heavy (non-hydrogen) atoms. The van der Waals surface area contributed by atoms with E-state index in [0.29, 0.717) is 10.9 Å². The fourth-order valence-corrected chi connectivity index (χ4v) is 2.26. The lowest BCUT2D eigenvalue weighted by Crippen LogP contribution is -2.23. The standard InChI is InChI=1S/C19H13N3O/c1-14-8-10-15(11-9-14)5-4-12-22-18(13-20)21-17-7-3-2-6-16(17)19(22)23/h2-3,6-11H,12H2,1H3. The quantitative estimate of drug-likeness (QED) is 0.649. The van der Waals surface area contributed by atoms with Gasteiger partial charge in [-0.05, 0) is 31.2 Å². The highest BCUT2D eigenvalue weighted by molar-refractivity contribution is 5.77.